The van der Waals surface area contributed by atoms with Gasteiger partial charge in [0, 0.05) is 38.5 Å². The number of nitrogens with zero attached hydrogens (tertiary/aromatic N) is 3. The quantitative estimate of drug-likeness (QED) is 0.244. The molecule has 2 fully saturated rings. The van der Waals surface area contributed by atoms with Crippen molar-refractivity contribution in [1.82, 2.24) is 14.5 Å². The number of benzene rings is 2. The monoisotopic (exact) mass is 565 g/mol. The summed E-state index contributed by atoms with van der Waals surface area (Å²) in [6.45, 7) is 1.42. The van der Waals surface area contributed by atoms with Crippen molar-refractivity contribution in [2.24, 2.45) is 18.7 Å². The highest BCUT2D eigenvalue weighted by Gasteiger charge is 2.53. The van der Waals surface area contributed by atoms with Crippen LogP contribution in [0.3, 0.4) is 0 Å². The average Bonchev–Trinajstić information content (AvgIpc) is 3.76. The Balaban J connectivity index is 0.00000370. The second kappa shape index (κ2) is 11.8. The van der Waals surface area contributed by atoms with E-state index in [1.807, 2.05) is 35.2 Å². The van der Waals surface area contributed by atoms with Gasteiger partial charge in [0.15, 0.2) is 0 Å². The second-order valence-electron chi connectivity index (χ2n) is 10.8. The third-order valence-corrected chi connectivity index (χ3v) is 8.38. The van der Waals surface area contributed by atoms with Gasteiger partial charge in [-0.25, -0.2) is 4.98 Å². The zero-order chi connectivity index (χ0) is 27.7. The van der Waals surface area contributed by atoms with Gasteiger partial charge in [-0.1, -0.05) is 30.3 Å². The maximum atomic E-state index is 13.7. The summed E-state index contributed by atoms with van der Waals surface area (Å²) in [5, 5.41) is 7.57. The number of amidine groups is 1. The SMILES string of the molecule is COC(=O)CCC1CCN(C(=O)C2(c3ccc4c(c3)nc(Cc3ccc(C(=N)N)cc3)c(=O)n4C)CC2)CC1.Cl. The summed E-state index contributed by atoms with van der Waals surface area (Å²) in [7, 11) is 3.16. The molecule has 1 aromatic heterocycles. The predicted molar refractivity (Wildman–Crippen MR) is 156 cm³/mol. The number of fused-ring (bicyclic) bond motifs is 1. The molecule has 3 aromatic rings. The Labute approximate surface area is 239 Å². The lowest BCUT2D eigenvalue weighted by atomic mass is 9.89. The topological polar surface area (TPSA) is 131 Å². The molecule has 9 nitrogen and oxygen atoms in total. The summed E-state index contributed by atoms with van der Waals surface area (Å²) in [5.41, 5.74) is 9.23. The van der Waals surface area contributed by atoms with Crippen LogP contribution in [-0.2, 0) is 33.2 Å². The first kappa shape index (κ1) is 29.3. The zero-order valence-electron chi connectivity index (χ0n) is 22.9. The van der Waals surface area contributed by atoms with Gasteiger partial charge in [0.25, 0.3) is 5.56 Å². The molecule has 0 spiro atoms. The van der Waals surface area contributed by atoms with E-state index in [1.54, 1.807) is 23.7 Å². The molecular weight excluding hydrogens is 530 g/mol. The molecule has 3 N–H and O–H groups in total. The highest BCUT2D eigenvalue weighted by Crippen LogP contribution is 2.50. The van der Waals surface area contributed by atoms with Crippen molar-refractivity contribution in [3.05, 3.63) is 75.2 Å². The smallest absolute Gasteiger partial charge is 0.305 e. The third kappa shape index (κ3) is 5.75. The number of halogens is 1. The van der Waals surface area contributed by atoms with Crippen LogP contribution in [0.2, 0.25) is 0 Å². The number of hydrogen-bond donors (Lipinski definition) is 2. The van der Waals surface area contributed by atoms with Gasteiger partial charge in [-0.05, 0) is 61.3 Å². The van der Waals surface area contributed by atoms with Gasteiger partial charge >= 0.3 is 5.97 Å². The number of esters is 1. The molecule has 1 amide bonds. The standard InChI is InChI=1S/C30H35N5O4.ClH/c1-34-25-9-8-22(18-23(25)33-24(28(34)37)17-20-3-6-21(7-4-20)27(31)32)30(13-14-30)29(38)35-15-11-19(12-16-35)5-10-26(36)39-2;/h3-4,6-9,18-19H,5,10-17H2,1-2H3,(H3,31,32);1H. The van der Waals surface area contributed by atoms with Gasteiger partial charge in [-0.3, -0.25) is 19.8 Å². The minimum atomic E-state index is -0.522. The Bertz CT molecular complexity index is 1490. The van der Waals surface area contributed by atoms with E-state index in [9.17, 15) is 14.4 Å². The molecule has 212 valence electrons. The zero-order valence-corrected chi connectivity index (χ0v) is 23.8. The molecular formula is C30H36ClN5O4. The van der Waals surface area contributed by atoms with Crippen molar-refractivity contribution < 1.29 is 14.3 Å². The van der Waals surface area contributed by atoms with Crippen molar-refractivity contribution in [2.75, 3.05) is 20.2 Å². The Morgan fingerprint density at radius 3 is 2.40 bits per heavy atom. The molecule has 2 aliphatic rings. The van der Waals surface area contributed by atoms with Crippen LogP contribution in [0.25, 0.3) is 11.0 Å². The number of rotatable bonds is 8. The maximum Gasteiger partial charge on any atom is 0.305 e. The van der Waals surface area contributed by atoms with Crippen LogP contribution in [0.4, 0.5) is 0 Å². The minimum Gasteiger partial charge on any atom is -0.469 e. The van der Waals surface area contributed by atoms with Crippen LogP contribution in [0.5, 0.6) is 0 Å². The number of likely N-dealkylation sites (tertiary alicyclic amines) is 1. The Kier molecular flexibility index (Phi) is 8.63. The number of methoxy groups -OCH3 is 1. The first-order valence-electron chi connectivity index (χ1n) is 13.5. The second-order valence-corrected chi connectivity index (χ2v) is 10.8. The van der Waals surface area contributed by atoms with Gasteiger partial charge in [0.1, 0.15) is 11.5 Å². The fraction of sp³-hybridized carbons (Fsp3) is 0.433. The number of nitrogen functional groups attached to an aromatic ring is 1. The Hall–Kier alpha value is -3.72. The van der Waals surface area contributed by atoms with Gasteiger partial charge < -0.3 is 19.9 Å². The van der Waals surface area contributed by atoms with Crippen molar-refractivity contribution in [2.45, 2.75) is 50.4 Å². The number of aryl methyl sites for hydroxylation is 1. The normalized spacial score (nSPS) is 16.3. The number of ether oxygens (including phenoxy) is 1. The minimum absolute atomic E-state index is 0. The van der Waals surface area contributed by atoms with Crippen LogP contribution in [0.1, 0.15) is 60.9 Å². The van der Waals surface area contributed by atoms with E-state index in [0.717, 1.165) is 48.7 Å². The first-order valence-corrected chi connectivity index (χ1v) is 13.5. The molecule has 5 rings (SSSR count). The lowest BCUT2D eigenvalue weighted by Crippen LogP contribution is -2.44. The molecule has 0 unspecified atom stereocenters. The van der Waals surface area contributed by atoms with E-state index in [1.165, 1.54) is 7.11 Å². The number of nitrogens with one attached hydrogen (secondary N) is 1. The van der Waals surface area contributed by atoms with Crippen molar-refractivity contribution in [1.29, 1.82) is 5.41 Å². The molecule has 40 heavy (non-hydrogen) atoms. The van der Waals surface area contributed by atoms with E-state index >= 15 is 0 Å². The van der Waals surface area contributed by atoms with Crippen molar-refractivity contribution in [3.8, 4) is 0 Å². The van der Waals surface area contributed by atoms with Gasteiger partial charge in [-0.2, -0.15) is 0 Å². The van der Waals surface area contributed by atoms with E-state index in [0.29, 0.717) is 48.6 Å². The predicted octanol–water partition coefficient (Wildman–Crippen LogP) is 3.45. The molecule has 1 aliphatic heterocycles. The van der Waals surface area contributed by atoms with Gasteiger partial charge in [-0.15, -0.1) is 12.4 Å². The molecule has 1 aliphatic carbocycles. The van der Waals surface area contributed by atoms with E-state index in [-0.39, 0.29) is 35.7 Å². The molecule has 1 saturated heterocycles. The van der Waals surface area contributed by atoms with E-state index in [2.05, 4.69) is 0 Å². The van der Waals surface area contributed by atoms with E-state index in [4.69, 9.17) is 20.9 Å². The number of carbonyl (C=O) groups excluding carboxylic acids is 2. The van der Waals surface area contributed by atoms with Gasteiger partial charge in [0.05, 0.1) is 23.6 Å². The number of carbonyl (C=O) groups is 2. The lowest BCUT2D eigenvalue weighted by Gasteiger charge is -2.34. The van der Waals surface area contributed by atoms with Crippen molar-refractivity contribution in [3.63, 3.8) is 0 Å². The molecule has 2 aromatic carbocycles. The third-order valence-electron chi connectivity index (χ3n) is 8.38. The molecule has 0 radical (unpaired) electrons. The number of piperidine rings is 1. The molecule has 1 saturated carbocycles. The Morgan fingerprint density at radius 1 is 1.12 bits per heavy atom. The number of aromatic nitrogens is 2. The van der Waals surface area contributed by atoms with Crippen LogP contribution < -0.4 is 11.3 Å². The van der Waals surface area contributed by atoms with Crippen LogP contribution in [0.15, 0.2) is 47.3 Å². The molecule has 10 heteroatoms. The summed E-state index contributed by atoms with van der Waals surface area (Å²) in [6, 6.07) is 13.1. The molecule has 2 heterocycles. The highest BCUT2D eigenvalue weighted by atomic mass is 35.5. The first-order chi connectivity index (χ1) is 18.7. The Morgan fingerprint density at radius 2 is 1.80 bits per heavy atom. The summed E-state index contributed by atoms with van der Waals surface area (Å²) < 4.78 is 6.37. The molecule has 0 atom stereocenters. The lowest BCUT2D eigenvalue weighted by molar-refractivity contribution is -0.141. The summed E-state index contributed by atoms with van der Waals surface area (Å²) >= 11 is 0. The van der Waals surface area contributed by atoms with Crippen LogP contribution in [0, 0.1) is 11.3 Å². The summed E-state index contributed by atoms with van der Waals surface area (Å²) in [6.07, 6.45) is 5.00. The average molecular weight is 566 g/mol. The summed E-state index contributed by atoms with van der Waals surface area (Å²) in [4.78, 5) is 45.0. The highest BCUT2D eigenvalue weighted by molar-refractivity contribution is 5.95. The summed E-state index contributed by atoms with van der Waals surface area (Å²) in [5.74, 6) is 0.428. The number of amides is 1. The van der Waals surface area contributed by atoms with Crippen LogP contribution in [-0.4, -0.2) is 52.4 Å². The van der Waals surface area contributed by atoms with Gasteiger partial charge in [0.2, 0.25) is 5.91 Å². The number of hydrogen-bond acceptors (Lipinski definition) is 6. The number of nitrogens with two attached hydrogens (primary N) is 1. The molecule has 0 bridgehead atoms. The fourth-order valence-electron chi connectivity index (χ4n) is 5.70. The largest absolute Gasteiger partial charge is 0.469 e. The van der Waals surface area contributed by atoms with Crippen molar-refractivity contribution >= 4 is 41.2 Å². The fourth-order valence-corrected chi connectivity index (χ4v) is 5.70. The van der Waals surface area contributed by atoms with Crippen LogP contribution >= 0.6 is 12.4 Å². The maximum absolute atomic E-state index is 13.7. The van der Waals surface area contributed by atoms with E-state index < -0.39 is 5.41 Å².